The maximum Gasteiger partial charge on any atom is 0.169 e. The molecule has 0 amide bonds. The van der Waals surface area contributed by atoms with E-state index >= 15 is 0 Å². The summed E-state index contributed by atoms with van der Waals surface area (Å²) in [5.41, 5.74) is 0.978. The molecular formula is C19H21FN2O2S. The Bertz CT molecular complexity index is 724. The predicted molar refractivity (Wildman–Crippen MR) is 99.4 cm³/mol. The molecular weight excluding hydrogens is 339 g/mol. The van der Waals surface area contributed by atoms with Crippen LogP contribution in [0.3, 0.4) is 0 Å². The number of para-hydroxylation sites is 2. The fraction of sp³-hybridized carbons (Fsp3) is 0.316. The molecule has 0 spiro atoms. The third-order valence-corrected chi connectivity index (χ3v) is 4.42. The number of benzene rings is 2. The number of hydrogen-bond acceptors (Lipinski definition) is 3. The maximum absolute atomic E-state index is 13.0. The highest BCUT2D eigenvalue weighted by Gasteiger charge is 2.23. The van der Waals surface area contributed by atoms with Gasteiger partial charge in [-0.1, -0.05) is 24.3 Å². The predicted octanol–water partition coefficient (Wildman–Crippen LogP) is 3.36. The Balaban J connectivity index is 1.53. The Hall–Kier alpha value is -2.34. The number of halogens is 1. The first-order valence-electron chi connectivity index (χ1n) is 8.31. The fourth-order valence-corrected chi connectivity index (χ4v) is 2.92. The maximum atomic E-state index is 13.0. The van der Waals surface area contributed by atoms with Crippen LogP contribution in [0.15, 0.2) is 48.5 Å². The monoisotopic (exact) mass is 360 g/mol. The zero-order valence-electron chi connectivity index (χ0n) is 14.1. The van der Waals surface area contributed by atoms with E-state index in [1.807, 2.05) is 36.1 Å². The van der Waals surface area contributed by atoms with Crippen LogP contribution in [0.4, 0.5) is 4.39 Å². The fourth-order valence-electron chi connectivity index (χ4n) is 2.65. The smallest absolute Gasteiger partial charge is 0.169 e. The van der Waals surface area contributed by atoms with E-state index in [2.05, 4.69) is 5.32 Å². The van der Waals surface area contributed by atoms with Gasteiger partial charge in [0.25, 0.3) is 0 Å². The molecule has 6 heteroatoms. The lowest BCUT2D eigenvalue weighted by Gasteiger charge is -2.32. The van der Waals surface area contributed by atoms with Crippen molar-refractivity contribution in [1.82, 2.24) is 10.2 Å². The summed E-state index contributed by atoms with van der Waals surface area (Å²) in [4.78, 5) is 2.04. The van der Waals surface area contributed by atoms with Crippen molar-refractivity contribution >= 4 is 17.3 Å². The van der Waals surface area contributed by atoms with Gasteiger partial charge in [-0.3, -0.25) is 0 Å². The molecule has 0 saturated carbocycles. The number of hydrogen-bond donors (Lipinski definition) is 1. The zero-order valence-corrected chi connectivity index (χ0v) is 14.9. The Labute approximate surface area is 152 Å². The molecule has 0 unspecified atom stereocenters. The van der Waals surface area contributed by atoms with Crippen molar-refractivity contribution in [3.8, 4) is 11.5 Å². The van der Waals surface area contributed by atoms with Crippen LogP contribution >= 0.6 is 12.2 Å². The number of nitrogens with zero attached hydrogens (tertiary/aromatic N) is 1. The lowest BCUT2D eigenvalue weighted by molar-refractivity contribution is 0.0748. The van der Waals surface area contributed by atoms with Gasteiger partial charge in [0.1, 0.15) is 12.4 Å². The SMILES string of the molecule is CCN(C[C@@H]1COc2ccccc2O1)C(=S)NCc1ccc(F)cc1. The van der Waals surface area contributed by atoms with Crippen LogP contribution < -0.4 is 14.8 Å². The molecule has 0 aliphatic carbocycles. The third-order valence-electron chi connectivity index (χ3n) is 4.02. The van der Waals surface area contributed by atoms with E-state index < -0.39 is 0 Å². The molecule has 3 rings (SSSR count). The summed E-state index contributed by atoms with van der Waals surface area (Å²) in [5.74, 6) is 1.30. The average molecular weight is 360 g/mol. The molecule has 1 aliphatic rings. The summed E-state index contributed by atoms with van der Waals surface area (Å²) in [6, 6.07) is 14.0. The van der Waals surface area contributed by atoms with E-state index in [4.69, 9.17) is 21.7 Å². The van der Waals surface area contributed by atoms with Crippen LogP contribution in [0.1, 0.15) is 12.5 Å². The summed E-state index contributed by atoms with van der Waals surface area (Å²) in [6.07, 6.45) is -0.0829. The van der Waals surface area contributed by atoms with Crippen LogP contribution in [0.25, 0.3) is 0 Å². The molecule has 25 heavy (non-hydrogen) atoms. The number of rotatable bonds is 5. The average Bonchev–Trinajstić information content (AvgIpc) is 2.65. The highest BCUT2D eigenvalue weighted by molar-refractivity contribution is 7.80. The van der Waals surface area contributed by atoms with Crippen molar-refractivity contribution in [3.63, 3.8) is 0 Å². The highest BCUT2D eigenvalue weighted by Crippen LogP contribution is 2.31. The third kappa shape index (κ3) is 4.60. The quantitative estimate of drug-likeness (QED) is 0.827. The van der Waals surface area contributed by atoms with Gasteiger partial charge in [-0.2, -0.15) is 0 Å². The number of nitrogens with one attached hydrogen (secondary N) is 1. The first-order valence-corrected chi connectivity index (χ1v) is 8.72. The Morgan fingerprint density at radius 2 is 1.92 bits per heavy atom. The Morgan fingerprint density at radius 1 is 1.20 bits per heavy atom. The molecule has 132 valence electrons. The van der Waals surface area contributed by atoms with Gasteiger partial charge in [0, 0.05) is 13.1 Å². The van der Waals surface area contributed by atoms with E-state index in [1.165, 1.54) is 12.1 Å². The standard InChI is InChI=1S/C19H21FN2O2S/c1-2-22(19(25)21-11-14-7-9-15(20)10-8-14)12-16-13-23-17-5-3-4-6-18(17)24-16/h3-10,16H,2,11-13H2,1H3,(H,21,25)/t16-/m1/s1. The van der Waals surface area contributed by atoms with E-state index in [1.54, 1.807) is 12.1 Å². The van der Waals surface area contributed by atoms with E-state index in [9.17, 15) is 4.39 Å². The van der Waals surface area contributed by atoms with Gasteiger partial charge in [0.2, 0.25) is 0 Å². The van der Waals surface area contributed by atoms with Gasteiger partial charge < -0.3 is 19.7 Å². The summed E-state index contributed by atoms with van der Waals surface area (Å²) in [6.45, 7) is 4.49. The Kier molecular flexibility index (Phi) is 5.71. The van der Waals surface area contributed by atoms with Crippen LogP contribution in [0, 0.1) is 5.82 Å². The molecule has 0 bridgehead atoms. The minimum Gasteiger partial charge on any atom is -0.486 e. The van der Waals surface area contributed by atoms with Gasteiger partial charge in [-0.05, 0) is 49.0 Å². The van der Waals surface area contributed by atoms with Crippen molar-refractivity contribution in [2.45, 2.75) is 19.6 Å². The molecule has 4 nitrogen and oxygen atoms in total. The van der Waals surface area contributed by atoms with Crippen molar-refractivity contribution < 1.29 is 13.9 Å². The number of thiocarbonyl (C=S) groups is 1. The minimum atomic E-state index is -0.240. The van der Waals surface area contributed by atoms with Crippen molar-refractivity contribution in [3.05, 3.63) is 59.9 Å². The lowest BCUT2D eigenvalue weighted by atomic mass is 10.2. The molecule has 2 aromatic rings. The van der Waals surface area contributed by atoms with Gasteiger partial charge in [-0.15, -0.1) is 0 Å². The Morgan fingerprint density at radius 3 is 2.64 bits per heavy atom. The van der Waals surface area contributed by atoms with Crippen molar-refractivity contribution in [2.75, 3.05) is 19.7 Å². The van der Waals surface area contributed by atoms with Gasteiger partial charge >= 0.3 is 0 Å². The molecule has 1 atom stereocenters. The number of fused-ring (bicyclic) bond motifs is 1. The van der Waals surface area contributed by atoms with E-state index in [0.717, 1.165) is 23.6 Å². The zero-order chi connectivity index (χ0) is 17.6. The first kappa shape index (κ1) is 17.5. The minimum absolute atomic E-state index is 0.0829. The van der Waals surface area contributed by atoms with Gasteiger partial charge in [0.05, 0.1) is 6.54 Å². The molecule has 2 aromatic carbocycles. The molecule has 1 N–H and O–H groups in total. The number of likely N-dealkylation sites (N-methyl/N-ethyl adjacent to an activating group) is 1. The summed E-state index contributed by atoms with van der Waals surface area (Å²) >= 11 is 5.49. The summed E-state index contributed by atoms with van der Waals surface area (Å²) in [5, 5.41) is 3.86. The largest absolute Gasteiger partial charge is 0.486 e. The van der Waals surface area contributed by atoms with E-state index in [0.29, 0.717) is 24.8 Å². The van der Waals surface area contributed by atoms with E-state index in [-0.39, 0.29) is 11.9 Å². The molecule has 0 saturated heterocycles. The van der Waals surface area contributed by atoms with Crippen LogP contribution in [0.2, 0.25) is 0 Å². The molecule has 0 fully saturated rings. The molecule has 1 aliphatic heterocycles. The highest BCUT2D eigenvalue weighted by atomic mass is 32.1. The van der Waals surface area contributed by atoms with Crippen LogP contribution in [0.5, 0.6) is 11.5 Å². The molecule has 1 heterocycles. The second-order valence-electron chi connectivity index (χ2n) is 5.82. The molecule has 0 radical (unpaired) electrons. The first-order chi connectivity index (χ1) is 12.2. The van der Waals surface area contributed by atoms with Gasteiger partial charge in [-0.25, -0.2) is 4.39 Å². The summed E-state index contributed by atoms with van der Waals surface area (Å²) in [7, 11) is 0. The van der Waals surface area contributed by atoms with Crippen LogP contribution in [-0.2, 0) is 6.54 Å². The van der Waals surface area contributed by atoms with Gasteiger partial charge in [0.15, 0.2) is 22.7 Å². The topological polar surface area (TPSA) is 33.7 Å². The van der Waals surface area contributed by atoms with Crippen molar-refractivity contribution in [2.24, 2.45) is 0 Å². The van der Waals surface area contributed by atoms with Crippen LogP contribution in [-0.4, -0.2) is 35.8 Å². The number of ether oxygens (including phenoxy) is 2. The molecule has 0 aromatic heterocycles. The lowest BCUT2D eigenvalue weighted by Crippen LogP contribution is -2.47. The second kappa shape index (κ2) is 8.16. The second-order valence-corrected chi connectivity index (χ2v) is 6.21. The summed E-state index contributed by atoms with van der Waals surface area (Å²) < 4.78 is 24.7. The van der Waals surface area contributed by atoms with Crippen molar-refractivity contribution in [1.29, 1.82) is 0 Å². The normalized spacial score (nSPS) is 15.5.